The van der Waals surface area contributed by atoms with E-state index in [0.717, 1.165) is 28.4 Å². The first-order chi connectivity index (χ1) is 15.0. The minimum Gasteiger partial charge on any atom is -0.465 e. The number of imide groups is 1. The molecule has 2 aromatic rings. The molecule has 0 radical (unpaired) electrons. The first kappa shape index (κ1) is 21.2. The summed E-state index contributed by atoms with van der Waals surface area (Å²) in [6, 6.07) is 10.2. The largest absolute Gasteiger partial charge is 0.465 e. The summed E-state index contributed by atoms with van der Waals surface area (Å²) in [5, 5.41) is 3.13. The number of likely N-dealkylation sites (tertiary alicyclic amines) is 1. The lowest BCUT2D eigenvalue weighted by atomic mass is 10.0. The molecule has 9 heteroatoms. The van der Waals surface area contributed by atoms with Crippen molar-refractivity contribution in [3.63, 3.8) is 0 Å². The van der Waals surface area contributed by atoms with Crippen molar-refractivity contribution >= 4 is 40.0 Å². The standard InChI is InChI=1S/C22H23N3O5S/c1-30-22(29)20-15-9-10-24(11-14-5-3-2-4-6-14)12-16(15)31-21(20)23-17(26)13-25-18(27)7-8-19(25)28/h2-6H,7-13H2,1H3,(H,23,26). The smallest absolute Gasteiger partial charge is 0.341 e. The van der Waals surface area contributed by atoms with Crippen molar-refractivity contribution in [1.29, 1.82) is 0 Å². The Morgan fingerprint density at radius 1 is 1.10 bits per heavy atom. The summed E-state index contributed by atoms with van der Waals surface area (Å²) in [6.45, 7) is 1.90. The molecule has 2 aliphatic heterocycles. The summed E-state index contributed by atoms with van der Waals surface area (Å²) in [4.78, 5) is 52.8. The maximum absolute atomic E-state index is 12.5. The van der Waals surface area contributed by atoms with Crippen molar-refractivity contribution in [1.82, 2.24) is 9.80 Å². The highest BCUT2D eigenvalue weighted by Crippen LogP contribution is 2.38. The van der Waals surface area contributed by atoms with Gasteiger partial charge < -0.3 is 10.1 Å². The van der Waals surface area contributed by atoms with Gasteiger partial charge in [0.25, 0.3) is 0 Å². The van der Waals surface area contributed by atoms with E-state index in [2.05, 4.69) is 22.3 Å². The number of carbonyl (C=O) groups excluding carboxylic acids is 4. The Morgan fingerprint density at radius 3 is 2.48 bits per heavy atom. The van der Waals surface area contributed by atoms with Crippen molar-refractivity contribution in [3.05, 3.63) is 51.9 Å². The minimum atomic E-state index is -0.506. The molecule has 0 bridgehead atoms. The van der Waals surface area contributed by atoms with E-state index in [1.807, 2.05) is 18.2 Å². The third kappa shape index (κ3) is 4.52. The molecule has 1 aromatic heterocycles. The monoisotopic (exact) mass is 441 g/mol. The van der Waals surface area contributed by atoms with Crippen LogP contribution >= 0.6 is 11.3 Å². The van der Waals surface area contributed by atoms with E-state index in [9.17, 15) is 19.2 Å². The summed E-state index contributed by atoms with van der Waals surface area (Å²) in [6.07, 6.45) is 0.927. The van der Waals surface area contributed by atoms with Gasteiger partial charge in [-0.2, -0.15) is 0 Å². The van der Waals surface area contributed by atoms with Crippen LogP contribution in [0.3, 0.4) is 0 Å². The van der Waals surface area contributed by atoms with E-state index in [4.69, 9.17) is 4.74 Å². The normalized spacial score (nSPS) is 16.4. The maximum Gasteiger partial charge on any atom is 0.341 e. The quantitative estimate of drug-likeness (QED) is 0.545. The van der Waals surface area contributed by atoms with Gasteiger partial charge in [0.2, 0.25) is 17.7 Å². The second-order valence-electron chi connectivity index (χ2n) is 7.57. The molecule has 0 spiro atoms. The number of methoxy groups -OCH3 is 1. The van der Waals surface area contributed by atoms with Gasteiger partial charge in [0.05, 0.1) is 12.7 Å². The zero-order chi connectivity index (χ0) is 22.0. The molecule has 4 rings (SSSR count). The SMILES string of the molecule is COC(=O)c1c(NC(=O)CN2C(=O)CCC2=O)sc2c1CCN(Cc1ccccc1)C2. The van der Waals surface area contributed by atoms with Crippen molar-refractivity contribution in [2.45, 2.75) is 32.4 Å². The van der Waals surface area contributed by atoms with E-state index in [1.165, 1.54) is 24.0 Å². The molecular formula is C22H23N3O5S. The number of fused-ring (bicyclic) bond motifs is 1. The number of nitrogens with one attached hydrogen (secondary N) is 1. The topological polar surface area (TPSA) is 96.0 Å². The molecule has 1 N–H and O–H groups in total. The summed E-state index contributed by atoms with van der Waals surface area (Å²) in [7, 11) is 1.31. The number of benzene rings is 1. The molecule has 31 heavy (non-hydrogen) atoms. The van der Waals surface area contributed by atoms with Crippen LogP contribution in [-0.2, 0) is 38.6 Å². The molecule has 1 saturated heterocycles. The van der Waals surface area contributed by atoms with Gasteiger partial charge in [0.15, 0.2) is 0 Å². The molecule has 2 aliphatic rings. The molecule has 8 nitrogen and oxygen atoms in total. The Bertz CT molecular complexity index is 1020. The predicted molar refractivity (Wildman–Crippen MR) is 115 cm³/mol. The summed E-state index contributed by atoms with van der Waals surface area (Å²) in [5.41, 5.74) is 2.48. The van der Waals surface area contributed by atoms with Gasteiger partial charge in [-0.15, -0.1) is 11.3 Å². The molecule has 0 aliphatic carbocycles. The van der Waals surface area contributed by atoms with Gasteiger partial charge in [-0.3, -0.25) is 24.2 Å². The van der Waals surface area contributed by atoms with Crippen LogP contribution < -0.4 is 5.32 Å². The lowest BCUT2D eigenvalue weighted by Gasteiger charge is -2.27. The molecule has 3 amide bonds. The number of ether oxygens (including phenoxy) is 1. The van der Waals surface area contributed by atoms with Crippen LogP contribution in [0, 0.1) is 0 Å². The van der Waals surface area contributed by atoms with Crippen LogP contribution in [0.5, 0.6) is 0 Å². The summed E-state index contributed by atoms with van der Waals surface area (Å²) < 4.78 is 4.96. The fraction of sp³-hybridized carbons (Fsp3) is 0.364. The van der Waals surface area contributed by atoms with Crippen LogP contribution in [-0.4, -0.2) is 53.7 Å². The fourth-order valence-electron chi connectivity index (χ4n) is 3.95. The van der Waals surface area contributed by atoms with E-state index in [0.29, 0.717) is 23.5 Å². The lowest BCUT2D eigenvalue weighted by molar-refractivity contribution is -0.141. The first-order valence-electron chi connectivity index (χ1n) is 10.1. The highest BCUT2D eigenvalue weighted by atomic mass is 32.1. The molecule has 1 aromatic carbocycles. The van der Waals surface area contributed by atoms with E-state index in [1.54, 1.807) is 0 Å². The third-order valence-corrected chi connectivity index (χ3v) is 6.62. The van der Waals surface area contributed by atoms with Crippen molar-refractivity contribution in [3.8, 4) is 0 Å². The maximum atomic E-state index is 12.5. The average Bonchev–Trinajstić information content (AvgIpc) is 3.27. The number of rotatable bonds is 6. The Labute approximate surface area is 183 Å². The first-order valence-corrected chi connectivity index (χ1v) is 10.9. The third-order valence-electron chi connectivity index (χ3n) is 5.48. The van der Waals surface area contributed by atoms with Gasteiger partial charge >= 0.3 is 5.97 Å². The summed E-state index contributed by atoms with van der Waals surface area (Å²) >= 11 is 1.34. The zero-order valence-corrected chi connectivity index (χ0v) is 18.0. The number of esters is 1. The van der Waals surface area contributed by atoms with Crippen LogP contribution in [0.2, 0.25) is 0 Å². The summed E-state index contributed by atoms with van der Waals surface area (Å²) in [5.74, 6) is -1.71. The van der Waals surface area contributed by atoms with Crippen LogP contribution in [0.25, 0.3) is 0 Å². The zero-order valence-electron chi connectivity index (χ0n) is 17.2. The van der Waals surface area contributed by atoms with E-state index < -0.39 is 11.9 Å². The number of thiophene rings is 1. The lowest BCUT2D eigenvalue weighted by Crippen LogP contribution is -2.37. The predicted octanol–water partition coefficient (Wildman–Crippen LogP) is 2.18. The molecule has 0 unspecified atom stereocenters. The van der Waals surface area contributed by atoms with Crippen LogP contribution in [0.1, 0.15) is 39.2 Å². The van der Waals surface area contributed by atoms with Crippen molar-refractivity contribution in [2.75, 3.05) is 25.5 Å². The highest BCUT2D eigenvalue weighted by molar-refractivity contribution is 7.17. The molecular weight excluding hydrogens is 418 g/mol. The molecule has 3 heterocycles. The van der Waals surface area contributed by atoms with Gasteiger partial charge in [0, 0.05) is 37.4 Å². The molecule has 1 fully saturated rings. The second-order valence-corrected chi connectivity index (χ2v) is 8.67. The number of amides is 3. The molecule has 0 atom stereocenters. The number of hydrogen-bond donors (Lipinski definition) is 1. The van der Waals surface area contributed by atoms with Crippen molar-refractivity contribution < 1.29 is 23.9 Å². The number of anilines is 1. The van der Waals surface area contributed by atoms with Gasteiger partial charge in [-0.1, -0.05) is 30.3 Å². The van der Waals surface area contributed by atoms with Crippen LogP contribution in [0.4, 0.5) is 5.00 Å². The Hall–Kier alpha value is -3.04. The minimum absolute atomic E-state index is 0.129. The fourth-order valence-corrected chi connectivity index (χ4v) is 5.24. The number of carbonyl (C=O) groups is 4. The number of nitrogens with zero attached hydrogens (tertiary/aromatic N) is 2. The highest BCUT2D eigenvalue weighted by Gasteiger charge is 2.32. The van der Waals surface area contributed by atoms with E-state index in [-0.39, 0.29) is 31.2 Å². The van der Waals surface area contributed by atoms with Gasteiger partial charge in [0.1, 0.15) is 11.5 Å². The van der Waals surface area contributed by atoms with Crippen LogP contribution in [0.15, 0.2) is 30.3 Å². The van der Waals surface area contributed by atoms with Gasteiger partial charge in [-0.25, -0.2) is 4.79 Å². The molecule has 162 valence electrons. The Kier molecular flexibility index (Phi) is 6.15. The Balaban J connectivity index is 1.52. The average molecular weight is 442 g/mol. The number of hydrogen-bond acceptors (Lipinski definition) is 7. The van der Waals surface area contributed by atoms with Gasteiger partial charge in [-0.05, 0) is 17.5 Å². The molecule has 0 saturated carbocycles. The second kappa shape index (κ2) is 8.99. The Morgan fingerprint density at radius 2 is 1.81 bits per heavy atom. The van der Waals surface area contributed by atoms with Crippen molar-refractivity contribution in [2.24, 2.45) is 0 Å². The van der Waals surface area contributed by atoms with E-state index >= 15 is 0 Å².